The van der Waals surface area contributed by atoms with Gasteiger partial charge in [-0.25, -0.2) is 13.2 Å². The molecule has 2 aromatic carbocycles. The van der Waals surface area contributed by atoms with Gasteiger partial charge >= 0.3 is 12.4 Å². The van der Waals surface area contributed by atoms with Crippen LogP contribution in [0.25, 0.3) is 0 Å². The molecular weight excluding hydrogens is 509 g/mol. The van der Waals surface area contributed by atoms with Crippen molar-refractivity contribution in [3.05, 3.63) is 65.7 Å². The highest BCUT2D eigenvalue weighted by molar-refractivity contribution is 7.88. The minimum atomic E-state index is -4.76. The summed E-state index contributed by atoms with van der Waals surface area (Å²) in [5, 5.41) is 0. The van der Waals surface area contributed by atoms with Gasteiger partial charge < -0.3 is 14.5 Å². The average molecular weight is 541 g/mol. The van der Waals surface area contributed by atoms with Crippen molar-refractivity contribution in [3.8, 4) is 5.75 Å². The molecule has 0 N–H and O–H groups in total. The van der Waals surface area contributed by atoms with Crippen LogP contribution < -0.4 is 4.74 Å². The van der Waals surface area contributed by atoms with E-state index < -0.39 is 16.4 Å². The topological polar surface area (TPSA) is 73.4 Å². The first-order valence-corrected chi connectivity index (χ1v) is 13.8. The van der Waals surface area contributed by atoms with Crippen LogP contribution in [0, 0.1) is 0 Å². The highest BCUT2D eigenvalue weighted by Gasteiger charge is 2.40. The monoisotopic (exact) mass is 540 g/mol. The van der Waals surface area contributed by atoms with E-state index in [2.05, 4.69) is 9.64 Å². The van der Waals surface area contributed by atoms with Crippen molar-refractivity contribution in [2.75, 3.05) is 52.6 Å². The SMILES string of the molecule is CN(Cc1cccc(OC(F)(F)F)c1)C1CN(C(=O)N2CCN(S(C)(=O)=O)CC2)C[C@@H]1c1ccccc1. The molecule has 0 radical (unpaired) electrons. The summed E-state index contributed by atoms with van der Waals surface area (Å²) in [5.41, 5.74) is 1.74. The summed E-state index contributed by atoms with van der Waals surface area (Å²) in [6.45, 7) is 2.48. The number of sulfonamides is 1. The second-order valence-corrected chi connectivity index (χ2v) is 11.5. The van der Waals surface area contributed by atoms with Crippen LogP contribution in [0.5, 0.6) is 5.75 Å². The Balaban J connectivity index is 1.48. The van der Waals surface area contributed by atoms with Crippen LogP contribution in [0.4, 0.5) is 18.0 Å². The number of hydrogen-bond donors (Lipinski definition) is 0. The smallest absolute Gasteiger partial charge is 0.406 e. The highest BCUT2D eigenvalue weighted by Crippen LogP contribution is 2.33. The molecule has 0 saturated carbocycles. The van der Waals surface area contributed by atoms with Gasteiger partial charge in [-0.3, -0.25) is 4.90 Å². The van der Waals surface area contributed by atoms with Gasteiger partial charge in [0.1, 0.15) is 5.75 Å². The van der Waals surface area contributed by atoms with E-state index in [9.17, 15) is 26.4 Å². The molecule has 8 nitrogen and oxygen atoms in total. The van der Waals surface area contributed by atoms with Gasteiger partial charge in [-0.1, -0.05) is 42.5 Å². The molecule has 2 aliphatic heterocycles. The molecule has 2 heterocycles. The summed E-state index contributed by atoms with van der Waals surface area (Å²) >= 11 is 0. The summed E-state index contributed by atoms with van der Waals surface area (Å²) in [7, 11) is -1.40. The fourth-order valence-corrected chi connectivity index (χ4v) is 5.90. The van der Waals surface area contributed by atoms with Gasteiger partial charge in [0.25, 0.3) is 0 Å². The van der Waals surface area contributed by atoms with E-state index in [0.717, 1.165) is 5.56 Å². The molecule has 2 aromatic rings. The van der Waals surface area contributed by atoms with Crippen LogP contribution >= 0.6 is 0 Å². The van der Waals surface area contributed by atoms with Gasteiger partial charge in [0.05, 0.1) is 6.26 Å². The summed E-state index contributed by atoms with van der Waals surface area (Å²) < 4.78 is 67.1. The lowest BCUT2D eigenvalue weighted by Crippen LogP contribution is -2.53. The quantitative estimate of drug-likeness (QED) is 0.563. The van der Waals surface area contributed by atoms with E-state index in [-0.39, 0.29) is 36.8 Å². The second kappa shape index (κ2) is 10.9. The number of carbonyl (C=O) groups is 1. The van der Waals surface area contributed by atoms with Crippen LogP contribution in [0.3, 0.4) is 0 Å². The maximum atomic E-state index is 13.4. The second-order valence-electron chi connectivity index (χ2n) is 9.53. The van der Waals surface area contributed by atoms with Gasteiger partial charge in [-0.2, -0.15) is 4.31 Å². The van der Waals surface area contributed by atoms with Gasteiger partial charge in [0, 0.05) is 57.8 Å². The number of urea groups is 1. The first-order chi connectivity index (χ1) is 17.4. The molecule has 2 saturated heterocycles. The lowest BCUT2D eigenvalue weighted by Gasteiger charge is -2.35. The molecule has 202 valence electrons. The van der Waals surface area contributed by atoms with Crippen LogP contribution in [0.2, 0.25) is 0 Å². The van der Waals surface area contributed by atoms with Crippen molar-refractivity contribution >= 4 is 16.1 Å². The third-order valence-corrected chi connectivity index (χ3v) is 8.20. The van der Waals surface area contributed by atoms with Gasteiger partial charge in [0.2, 0.25) is 10.0 Å². The number of amides is 2. The van der Waals surface area contributed by atoms with Gasteiger partial charge in [0.15, 0.2) is 0 Å². The minimum absolute atomic E-state index is 0.00191. The standard InChI is InChI=1S/C25H31F3N4O4S/c1-29(16-19-7-6-10-21(15-19)36-25(26,27)28)23-18-31(17-22(23)20-8-4-3-5-9-20)24(33)30-11-13-32(14-12-30)37(2,34)35/h3-10,15,22-23H,11-14,16-18H2,1-2H3/t22-,23?/m1/s1. The van der Waals surface area contributed by atoms with Crippen molar-refractivity contribution in [1.29, 1.82) is 0 Å². The predicted molar refractivity (Wildman–Crippen MR) is 133 cm³/mol. The Morgan fingerprint density at radius 1 is 1.00 bits per heavy atom. The number of carbonyl (C=O) groups excluding carboxylic acids is 1. The Kier molecular flexibility index (Phi) is 8.00. The number of piperazine rings is 1. The number of hydrogen-bond acceptors (Lipinski definition) is 5. The van der Waals surface area contributed by atoms with Crippen molar-refractivity contribution in [3.63, 3.8) is 0 Å². The molecule has 0 bridgehead atoms. The number of likely N-dealkylation sites (N-methyl/N-ethyl adjacent to an activating group) is 1. The first kappa shape index (κ1) is 27.2. The molecular formula is C25H31F3N4O4S. The van der Waals surface area contributed by atoms with Crippen molar-refractivity contribution < 1.29 is 31.1 Å². The molecule has 1 unspecified atom stereocenters. The molecule has 12 heteroatoms. The number of benzene rings is 2. The summed E-state index contributed by atoms with van der Waals surface area (Å²) in [4.78, 5) is 18.9. The van der Waals surface area contributed by atoms with E-state index in [1.165, 1.54) is 28.8 Å². The lowest BCUT2D eigenvalue weighted by molar-refractivity contribution is -0.274. The van der Waals surface area contributed by atoms with Crippen molar-refractivity contribution in [2.45, 2.75) is 24.9 Å². The van der Waals surface area contributed by atoms with E-state index in [4.69, 9.17) is 0 Å². The molecule has 0 spiro atoms. The molecule has 2 fully saturated rings. The zero-order valence-electron chi connectivity index (χ0n) is 20.8. The first-order valence-electron chi connectivity index (χ1n) is 12.0. The Morgan fingerprint density at radius 2 is 1.68 bits per heavy atom. The Morgan fingerprint density at radius 3 is 2.30 bits per heavy atom. The van der Waals surface area contributed by atoms with Gasteiger partial charge in [-0.05, 0) is 30.3 Å². The van der Waals surface area contributed by atoms with Crippen molar-refractivity contribution in [2.24, 2.45) is 0 Å². The number of ether oxygens (including phenoxy) is 1. The summed E-state index contributed by atoms with van der Waals surface area (Å²) in [6, 6.07) is 15.6. The number of rotatable bonds is 6. The molecule has 2 atom stereocenters. The fourth-order valence-electron chi connectivity index (χ4n) is 5.07. The predicted octanol–water partition coefficient (Wildman–Crippen LogP) is 3.18. The maximum absolute atomic E-state index is 13.4. The third kappa shape index (κ3) is 6.93. The van der Waals surface area contributed by atoms with Gasteiger partial charge in [-0.15, -0.1) is 13.2 Å². The molecule has 37 heavy (non-hydrogen) atoms. The van der Waals surface area contributed by atoms with Crippen LogP contribution in [0.15, 0.2) is 54.6 Å². The number of alkyl halides is 3. The largest absolute Gasteiger partial charge is 0.573 e. The Labute approximate surface area is 215 Å². The molecule has 2 aliphatic rings. The maximum Gasteiger partial charge on any atom is 0.573 e. The fraction of sp³-hybridized carbons (Fsp3) is 0.480. The molecule has 0 aliphatic carbocycles. The van der Waals surface area contributed by atoms with E-state index in [1.807, 2.05) is 37.4 Å². The average Bonchev–Trinajstić information content (AvgIpc) is 3.29. The zero-order chi connectivity index (χ0) is 26.8. The third-order valence-electron chi connectivity index (χ3n) is 6.90. The van der Waals surface area contributed by atoms with E-state index in [0.29, 0.717) is 38.3 Å². The van der Waals surface area contributed by atoms with E-state index >= 15 is 0 Å². The highest BCUT2D eigenvalue weighted by atomic mass is 32.2. The minimum Gasteiger partial charge on any atom is -0.406 e. The molecule has 0 aromatic heterocycles. The van der Waals surface area contributed by atoms with E-state index in [1.54, 1.807) is 15.9 Å². The Hall–Kier alpha value is -2.83. The van der Waals surface area contributed by atoms with Crippen LogP contribution in [-0.4, -0.2) is 98.4 Å². The Bertz CT molecular complexity index is 1190. The number of likely N-dealkylation sites (tertiary alicyclic amines) is 1. The molecule has 4 rings (SSSR count). The zero-order valence-corrected chi connectivity index (χ0v) is 21.6. The number of halogens is 3. The van der Waals surface area contributed by atoms with Crippen LogP contribution in [-0.2, 0) is 16.6 Å². The van der Waals surface area contributed by atoms with Crippen molar-refractivity contribution in [1.82, 2.24) is 19.0 Å². The van der Waals surface area contributed by atoms with Crippen LogP contribution in [0.1, 0.15) is 17.0 Å². The lowest BCUT2D eigenvalue weighted by atomic mass is 9.93. The number of nitrogens with zero attached hydrogens (tertiary/aromatic N) is 4. The summed E-state index contributed by atoms with van der Waals surface area (Å²) in [6.07, 6.45) is -3.59. The summed E-state index contributed by atoms with van der Waals surface area (Å²) in [5.74, 6) is -0.267. The molecule has 2 amide bonds. The normalized spacial score (nSPS) is 21.5.